The van der Waals surface area contributed by atoms with Crippen LogP contribution in [0.15, 0.2) is 64.6 Å². The number of carbonyl (C=O) groups excluding carboxylic acids is 1. The first-order valence-corrected chi connectivity index (χ1v) is 8.86. The Morgan fingerprint density at radius 3 is 2.48 bits per heavy atom. The van der Waals surface area contributed by atoms with Gasteiger partial charge in [-0.1, -0.05) is 23.2 Å². The maximum Gasteiger partial charge on any atom is 0.269 e. The average molecular weight is 428 g/mol. The molecule has 0 aliphatic rings. The number of hydrogen-bond acceptors (Lipinski definition) is 5. The second-order valence-corrected chi connectivity index (χ2v) is 6.60. The second-order valence-electron chi connectivity index (χ2n) is 5.75. The van der Waals surface area contributed by atoms with Crippen LogP contribution < -0.4 is 5.32 Å². The van der Waals surface area contributed by atoms with Crippen LogP contribution in [-0.2, 0) is 4.79 Å². The minimum atomic E-state index is -0.662. The quantitative estimate of drug-likeness (QED) is 0.242. The molecule has 3 rings (SSSR count). The lowest BCUT2D eigenvalue weighted by atomic mass is 10.1. The highest BCUT2D eigenvalue weighted by Gasteiger charge is 2.14. The number of anilines is 1. The number of hydrogen-bond donors (Lipinski definition) is 1. The molecule has 0 atom stereocenters. The Bertz CT molecular complexity index is 1160. The van der Waals surface area contributed by atoms with E-state index in [4.69, 9.17) is 27.6 Å². The molecule has 3 aromatic rings. The summed E-state index contributed by atoms with van der Waals surface area (Å²) in [5, 5.41) is 23.2. The predicted molar refractivity (Wildman–Crippen MR) is 109 cm³/mol. The molecule has 0 radical (unpaired) electrons. The number of halogens is 2. The Labute approximate surface area is 174 Å². The number of nitrogens with one attached hydrogen (secondary N) is 1. The number of benzene rings is 2. The molecule has 2 aromatic carbocycles. The lowest BCUT2D eigenvalue weighted by Gasteiger charge is -2.06. The van der Waals surface area contributed by atoms with Gasteiger partial charge in [-0.3, -0.25) is 14.9 Å². The van der Waals surface area contributed by atoms with Gasteiger partial charge < -0.3 is 9.73 Å². The molecule has 9 heteroatoms. The van der Waals surface area contributed by atoms with Gasteiger partial charge in [-0.05, 0) is 42.5 Å². The number of rotatable bonds is 5. The Morgan fingerprint density at radius 1 is 1.14 bits per heavy atom. The van der Waals surface area contributed by atoms with Gasteiger partial charge in [0.2, 0.25) is 0 Å². The van der Waals surface area contributed by atoms with Crippen molar-refractivity contribution < 1.29 is 14.1 Å². The monoisotopic (exact) mass is 427 g/mol. The molecule has 0 saturated carbocycles. The highest BCUT2D eigenvalue weighted by molar-refractivity contribution is 6.36. The lowest BCUT2D eigenvalue weighted by Crippen LogP contribution is -2.13. The zero-order valence-corrected chi connectivity index (χ0v) is 16.1. The van der Waals surface area contributed by atoms with Crippen LogP contribution in [-0.4, -0.2) is 10.8 Å². The van der Waals surface area contributed by atoms with Gasteiger partial charge in [0.05, 0.1) is 15.6 Å². The van der Waals surface area contributed by atoms with Crippen molar-refractivity contribution in [1.29, 1.82) is 5.26 Å². The molecule has 0 aliphatic heterocycles. The summed E-state index contributed by atoms with van der Waals surface area (Å²) in [6, 6.07) is 15.4. The van der Waals surface area contributed by atoms with Crippen LogP contribution in [0.4, 0.5) is 11.4 Å². The van der Waals surface area contributed by atoms with E-state index in [0.29, 0.717) is 22.0 Å². The molecule has 7 nitrogen and oxygen atoms in total. The SMILES string of the molecule is N#C/C(=C\c1ccc(-c2ccc([N+](=O)[O-])cc2)o1)C(=O)Nc1ccc(Cl)cc1Cl. The first-order valence-electron chi connectivity index (χ1n) is 8.10. The largest absolute Gasteiger partial charge is 0.457 e. The van der Waals surface area contributed by atoms with Crippen molar-refractivity contribution in [3.05, 3.63) is 86.1 Å². The summed E-state index contributed by atoms with van der Waals surface area (Å²) < 4.78 is 5.62. The lowest BCUT2D eigenvalue weighted by molar-refractivity contribution is -0.384. The highest BCUT2D eigenvalue weighted by Crippen LogP contribution is 2.27. The normalized spacial score (nSPS) is 11.0. The predicted octanol–water partition coefficient (Wildman–Crippen LogP) is 5.71. The third kappa shape index (κ3) is 4.82. The molecule has 0 bridgehead atoms. The highest BCUT2D eigenvalue weighted by atomic mass is 35.5. The summed E-state index contributed by atoms with van der Waals surface area (Å²) in [6.45, 7) is 0. The maximum atomic E-state index is 12.4. The van der Waals surface area contributed by atoms with E-state index >= 15 is 0 Å². The van der Waals surface area contributed by atoms with Crippen LogP contribution in [0, 0.1) is 21.4 Å². The molecule has 0 spiro atoms. The van der Waals surface area contributed by atoms with Gasteiger partial charge in [0.15, 0.2) is 0 Å². The van der Waals surface area contributed by atoms with E-state index in [-0.39, 0.29) is 22.0 Å². The number of nitrogens with zero attached hydrogens (tertiary/aromatic N) is 2. The van der Waals surface area contributed by atoms with Crippen LogP contribution in [0.1, 0.15) is 5.76 Å². The summed E-state index contributed by atoms with van der Waals surface area (Å²) in [6.07, 6.45) is 1.29. The topological polar surface area (TPSA) is 109 Å². The smallest absolute Gasteiger partial charge is 0.269 e. The maximum absolute atomic E-state index is 12.4. The number of nitro groups is 1. The molecule has 0 unspecified atom stereocenters. The molecule has 1 aromatic heterocycles. The van der Waals surface area contributed by atoms with E-state index in [1.165, 1.54) is 30.3 Å². The summed E-state index contributed by atoms with van der Waals surface area (Å²) in [5.41, 5.74) is 0.699. The van der Waals surface area contributed by atoms with Crippen molar-refractivity contribution in [2.24, 2.45) is 0 Å². The third-order valence-electron chi connectivity index (χ3n) is 3.82. The Kier molecular flexibility index (Phi) is 5.98. The number of nitro benzene ring substituents is 1. The van der Waals surface area contributed by atoms with Crippen molar-refractivity contribution in [2.75, 3.05) is 5.32 Å². The van der Waals surface area contributed by atoms with Gasteiger partial charge in [-0.2, -0.15) is 5.26 Å². The number of non-ortho nitro benzene ring substituents is 1. The fourth-order valence-corrected chi connectivity index (χ4v) is 2.86. The summed E-state index contributed by atoms with van der Waals surface area (Å²) in [7, 11) is 0. The summed E-state index contributed by atoms with van der Waals surface area (Å²) in [5.74, 6) is 0.0434. The standard InChI is InChI=1S/C20H11Cl2N3O4/c21-14-3-7-18(17(22)10-14)24-20(26)13(11-23)9-16-6-8-19(29-16)12-1-4-15(5-2-12)25(27)28/h1-10H,(H,24,26)/b13-9+. The van der Waals surface area contributed by atoms with Crippen LogP contribution >= 0.6 is 23.2 Å². The van der Waals surface area contributed by atoms with Gasteiger partial charge in [0, 0.05) is 28.8 Å². The molecule has 29 heavy (non-hydrogen) atoms. The van der Waals surface area contributed by atoms with Gasteiger partial charge in [0.1, 0.15) is 23.2 Å². The third-order valence-corrected chi connectivity index (χ3v) is 4.37. The fraction of sp³-hybridized carbons (Fsp3) is 0. The summed E-state index contributed by atoms with van der Waals surface area (Å²) in [4.78, 5) is 22.6. The van der Waals surface area contributed by atoms with Crippen LogP contribution in [0.3, 0.4) is 0 Å². The Balaban J connectivity index is 1.80. The van der Waals surface area contributed by atoms with E-state index in [1.54, 1.807) is 30.3 Å². The second kappa shape index (κ2) is 8.61. The minimum absolute atomic E-state index is 0.0373. The van der Waals surface area contributed by atoms with Crippen LogP contribution in [0.2, 0.25) is 10.0 Å². The van der Waals surface area contributed by atoms with Gasteiger partial charge in [-0.25, -0.2) is 0 Å². The molecular formula is C20H11Cl2N3O4. The van der Waals surface area contributed by atoms with E-state index < -0.39 is 10.8 Å². The van der Waals surface area contributed by atoms with Crippen LogP contribution in [0.5, 0.6) is 0 Å². The van der Waals surface area contributed by atoms with Crippen molar-refractivity contribution in [3.8, 4) is 17.4 Å². The van der Waals surface area contributed by atoms with Crippen molar-refractivity contribution in [1.82, 2.24) is 0 Å². The fourth-order valence-electron chi connectivity index (χ4n) is 2.40. The van der Waals surface area contributed by atoms with E-state index in [9.17, 15) is 20.2 Å². The zero-order chi connectivity index (χ0) is 21.0. The molecule has 1 heterocycles. The molecule has 0 saturated heterocycles. The average Bonchev–Trinajstić information content (AvgIpc) is 3.17. The molecular weight excluding hydrogens is 417 g/mol. The first-order chi connectivity index (χ1) is 13.9. The number of nitriles is 1. The van der Waals surface area contributed by atoms with Crippen LogP contribution in [0.25, 0.3) is 17.4 Å². The minimum Gasteiger partial charge on any atom is -0.457 e. The zero-order valence-electron chi connectivity index (χ0n) is 14.6. The Hall–Kier alpha value is -3.60. The number of furan rings is 1. The molecule has 1 amide bonds. The number of carbonyl (C=O) groups is 1. The Morgan fingerprint density at radius 2 is 1.86 bits per heavy atom. The molecule has 0 fully saturated rings. The van der Waals surface area contributed by atoms with Gasteiger partial charge in [-0.15, -0.1) is 0 Å². The van der Waals surface area contributed by atoms with Crippen molar-refractivity contribution in [2.45, 2.75) is 0 Å². The van der Waals surface area contributed by atoms with E-state index in [2.05, 4.69) is 5.32 Å². The first kappa shape index (κ1) is 20.1. The summed E-state index contributed by atoms with van der Waals surface area (Å²) >= 11 is 11.8. The van der Waals surface area contributed by atoms with Gasteiger partial charge in [0.25, 0.3) is 11.6 Å². The molecule has 1 N–H and O–H groups in total. The molecule has 0 aliphatic carbocycles. The van der Waals surface area contributed by atoms with E-state index in [0.717, 1.165) is 0 Å². The van der Waals surface area contributed by atoms with Gasteiger partial charge >= 0.3 is 0 Å². The van der Waals surface area contributed by atoms with Crippen molar-refractivity contribution >= 4 is 46.6 Å². The van der Waals surface area contributed by atoms with Crippen molar-refractivity contribution in [3.63, 3.8) is 0 Å². The number of amides is 1. The van der Waals surface area contributed by atoms with E-state index in [1.807, 2.05) is 6.07 Å². The molecule has 144 valence electrons.